The quantitative estimate of drug-likeness (QED) is 0.865. The molecule has 0 aliphatic rings. The molecule has 3 nitrogen and oxygen atoms in total. The molecule has 0 spiro atoms. The summed E-state index contributed by atoms with van der Waals surface area (Å²) >= 11 is 3.74. The minimum absolute atomic E-state index is 0.533. The molecule has 0 fully saturated rings. The Hall–Kier alpha value is -0.690. The number of hydrogen-bond donors (Lipinski definition) is 1. The molecule has 72 valence electrons. The van der Waals surface area contributed by atoms with E-state index in [9.17, 15) is 0 Å². The lowest BCUT2D eigenvalue weighted by molar-refractivity contribution is 1.01. The number of halogens is 1. The molecular formula is C9H8IN3S. The van der Waals surface area contributed by atoms with Crippen molar-refractivity contribution in [1.29, 1.82) is 0 Å². The molecule has 0 atom stereocenters. The van der Waals surface area contributed by atoms with Gasteiger partial charge in [0.1, 0.15) is 5.01 Å². The second-order valence-electron chi connectivity index (χ2n) is 2.84. The van der Waals surface area contributed by atoms with Crippen LogP contribution in [0.3, 0.4) is 0 Å². The van der Waals surface area contributed by atoms with Gasteiger partial charge in [-0.3, -0.25) is 0 Å². The van der Waals surface area contributed by atoms with E-state index < -0.39 is 0 Å². The summed E-state index contributed by atoms with van der Waals surface area (Å²) < 4.78 is 1.23. The second kappa shape index (κ2) is 4.22. The third kappa shape index (κ3) is 2.42. The van der Waals surface area contributed by atoms with Crippen LogP contribution in [0.4, 0.5) is 5.13 Å². The second-order valence-corrected chi connectivity index (χ2v) is 5.18. The molecule has 1 aromatic heterocycles. The van der Waals surface area contributed by atoms with Gasteiger partial charge in [-0.15, -0.1) is 10.2 Å². The van der Waals surface area contributed by atoms with E-state index >= 15 is 0 Å². The molecule has 1 aromatic carbocycles. The molecular weight excluding hydrogens is 309 g/mol. The number of benzene rings is 1. The average molecular weight is 317 g/mol. The van der Waals surface area contributed by atoms with Gasteiger partial charge in [0.05, 0.1) is 0 Å². The third-order valence-electron chi connectivity index (χ3n) is 1.73. The lowest BCUT2D eigenvalue weighted by atomic mass is 10.2. The van der Waals surface area contributed by atoms with E-state index in [0.29, 0.717) is 5.13 Å². The Morgan fingerprint density at radius 3 is 2.86 bits per heavy atom. The van der Waals surface area contributed by atoms with Crippen molar-refractivity contribution in [3.8, 4) is 0 Å². The minimum atomic E-state index is 0.533. The van der Waals surface area contributed by atoms with Crippen LogP contribution in [-0.2, 0) is 6.42 Å². The van der Waals surface area contributed by atoms with Gasteiger partial charge in [0.25, 0.3) is 0 Å². The smallest absolute Gasteiger partial charge is 0.203 e. The van der Waals surface area contributed by atoms with Crippen molar-refractivity contribution < 1.29 is 0 Å². The van der Waals surface area contributed by atoms with Crippen LogP contribution in [0.2, 0.25) is 0 Å². The largest absolute Gasteiger partial charge is 0.374 e. The number of nitrogens with two attached hydrogens (primary N) is 1. The zero-order valence-electron chi connectivity index (χ0n) is 7.27. The number of anilines is 1. The van der Waals surface area contributed by atoms with Crippen LogP contribution in [-0.4, -0.2) is 10.2 Å². The standard InChI is InChI=1S/C9H8IN3S/c10-7-3-1-2-6(4-7)5-8-12-13-9(11)14-8/h1-4H,5H2,(H2,11,13). The zero-order chi connectivity index (χ0) is 9.97. The monoisotopic (exact) mass is 317 g/mol. The van der Waals surface area contributed by atoms with Gasteiger partial charge >= 0.3 is 0 Å². The molecule has 0 saturated carbocycles. The number of hydrogen-bond acceptors (Lipinski definition) is 4. The van der Waals surface area contributed by atoms with E-state index in [2.05, 4.69) is 51.0 Å². The van der Waals surface area contributed by atoms with Gasteiger partial charge in [0.15, 0.2) is 0 Å². The molecule has 0 aliphatic carbocycles. The molecule has 2 rings (SSSR count). The minimum Gasteiger partial charge on any atom is -0.374 e. The highest BCUT2D eigenvalue weighted by Gasteiger charge is 2.02. The van der Waals surface area contributed by atoms with Crippen LogP contribution in [0.25, 0.3) is 0 Å². The van der Waals surface area contributed by atoms with E-state index in [-0.39, 0.29) is 0 Å². The normalized spacial score (nSPS) is 10.4. The summed E-state index contributed by atoms with van der Waals surface area (Å²) in [7, 11) is 0. The molecule has 0 saturated heterocycles. The number of nitrogen functional groups attached to an aromatic ring is 1. The first-order valence-electron chi connectivity index (χ1n) is 4.06. The first kappa shape index (κ1) is 9.85. The van der Waals surface area contributed by atoms with Crippen molar-refractivity contribution in [2.45, 2.75) is 6.42 Å². The fraction of sp³-hybridized carbons (Fsp3) is 0.111. The molecule has 0 radical (unpaired) electrons. The van der Waals surface area contributed by atoms with Gasteiger partial charge in [0.2, 0.25) is 5.13 Å². The van der Waals surface area contributed by atoms with Crippen LogP contribution in [0, 0.1) is 3.57 Å². The van der Waals surface area contributed by atoms with Gasteiger partial charge in [-0.1, -0.05) is 23.5 Å². The molecule has 2 N–H and O–H groups in total. The van der Waals surface area contributed by atoms with Gasteiger partial charge in [-0.2, -0.15) is 0 Å². The molecule has 0 bridgehead atoms. The molecule has 14 heavy (non-hydrogen) atoms. The van der Waals surface area contributed by atoms with Gasteiger partial charge in [-0.05, 0) is 40.3 Å². The van der Waals surface area contributed by atoms with Crippen molar-refractivity contribution in [3.05, 3.63) is 38.4 Å². The number of aromatic nitrogens is 2. The first-order valence-corrected chi connectivity index (χ1v) is 5.96. The maximum Gasteiger partial charge on any atom is 0.203 e. The Bertz CT molecular complexity index is 441. The van der Waals surface area contributed by atoms with Gasteiger partial charge in [0, 0.05) is 9.99 Å². The zero-order valence-corrected chi connectivity index (χ0v) is 10.2. The predicted octanol–water partition coefficient (Wildman–Crippen LogP) is 2.32. The van der Waals surface area contributed by atoms with Crippen molar-refractivity contribution in [2.24, 2.45) is 0 Å². The van der Waals surface area contributed by atoms with E-state index in [4.69, 9.17) is 5.73 Å². The van der Waals surface area contributed by atoms with Crippen LogP contribution < -0.4 is 5.73 Å². The summed E-state index contributed by atoms with van der Waals surface area (Å²) in [5.74, 6) is 0. The Labute approximate surface area is 99.5 Å². The Morgan fingerprint density at radius 2 is 2.21 bits per heavy atom. The summed E-state index contributed by atoms with van der Waals surface area (Å²) in [6.07, 6.45) is 0.811. The van der Waals surface area contributed by atoms with Crippen molar-refractivity contribution in [2.75, 3.05) is 5.73 Å². The highest BCUT2D eigenvalue weighted by molar-refractivity contribution is 14.1. The third-order valence-corrected chi connectivity index (χ3v) is 3.15. The summed E-state index contributed by atoms with van der Waals surface area (Å²) in [5.41, 5.74) is 6.75. The lowest BCUT2D eigenvalue weighted by Crippen LogP contribution is -1.87. The van der Waals surface area contributed by atoms with Crippen LogP contribution in [0.1, 0.15) is 10.6 Å². The lowest BCUT2D eigenvalue weighted by Gasteiger charge is -1.97. The maximum absolute atomic E-state index is 5.51. The van der Waals surface area contributed by atoms with Crippen LogP contribution >= 0.6 is 33.9 Å². The fourth-order valence-corrected chi connectivity index (χ4v) is 2.41. The van der Waals surface area contributed by atoms with Crippen molar-refractivity contribution in [1.82, 2.24) is 10.2 Å². The van der Waals surface area contributed by atoms with Gasteiger partial charge < -0.3 is 5.73 Å². The summed E-state index contributed by atoms with van der Waals surface area (Å²) in [5, 5.41) is 9.26. The SMILES string of the molecule is Nc1nnc(Cc2cccc(I)c2)s1. The molecule has 2 aromatic rings. The predicted molar refractivity (Wildman–Crippen MR) is 66.3 cm³/mol. The summed E-state index contributed by atoms with van der Waals surface area (Å²) in [6, 6.07) is 8.33. The summed E-state index contributed by atoms with van der Waals surface area (Å²) in [4.78, 5) is 0. The maximum atomic E-state index is 5.51. The highest BCUT2D eigenvalue weighted by Crippen LogP contribution is 2.16. The van der Waals surface area contributed by atoms with Crippen LogP contribution in [0.5, 0.6) is 0 Å². The Kier molecular flexibility index (Phi) is 2.97. The van der Waals surface area contributed by atoms with E-state index in [1.165, 1.54) is 20.5 Å². The Morgan fingerprint density at radius 1 is 1.36 bits per heavy atom. The number of nitrogens with zero attached hydrogens (tertiary/aromatic N) is 2. The number of rotatable bonds is 2. The van der Waals surface area contributed by atoms with E-state index in [0.717, 1.165) is 11.4 Å². The molecule has 1 heterocycles. The van der Waals surface area contributed by atoms with Crippen molar-refractivity contribution in [3.63, 3.8) is 0 Å². The van der Waals surface area contributed by atoms with E-state index in [1.54, 1.807) is 0 Å². The van der Waals surface area contributed by atoms with Gasteiger partial charge in [-0.25, -0.2) is 0 Å². The topological polar surface area (TPSA) is 51.8 Å². The molecule has 0 aliphatic heterocycles. The first-order chi connectivity index (χ1) is 6.74. The average Bonchev–Trinajstić information content (AvgIpc) is 2.51. The molecule has 0 unspecified atom stereocenters. The fourth-order valence-electron chi connectivity index (χ4n) is 1.16. The van der Waals surface area contributed by atoms with E-state index in [1.807, 2.05) is 6.07 Å². The van der Waals surface area contributed by atoms with Crippen LogP contribution in [0.15, 0.2) is 24.3 Å². The molecule has 0 amide bonds. The highest BCUT2D eigenvalue weighted by atomic mass is 127. The van der Waals surface area contributed by atoms with Crippen molar-refractivity contribution >= 4 is 39.1 Å². The Balaban J connectivity index is 2.18. The molecule has 5 heteroatoms. The summed E-state index contributed by atoms with van der Waals surface area (Å²) in [6.45, 7) is 0.